The topological polar surface area (TPSA) is 69.3 Å². The van der Waals surface area contributed by atoms with Crippen LogP contribution in [0.25, 0.3) is 0 Å². The van der Waals surface area contributed by atoms with E-state index in [9.17, 15) is 0 Å². The van der Waals surface area contributed by atoms with Gasteiger partial charge in [-0.25, -0.2) is 19.3 Å². The van der Waals surface area contributed by atoms with Crippen LogP contribution in [0.1, 0.15) is 24.0 Å². The molecule has 3 unspecified atom stereocenters. The van der Waals surface area contributed by atoms with Gasteiger partial charge in [-0.2, -0.15) is 0 Å². The fourth-order valence-corrected chi connectivity index (χ4v) is 3.58. The van der Waals surface area contributed by atoms with Crippen LogP contribution in [0.15, 0.2) is 23.2 Å². The molecule has 0 radical (unpaired) electrons. The number of hydroxylamine groups is 2. The third-order valence-corrected chi connectivity index (χ3v) is 4.75. The molecule has 3 aliphatic rings. The molecule has 4 rings (SSSR count). The van der Waals surface area contributed by atoms with E-state index in [4.69, 9.17) is 20.0 Å². The predicted octanol–water partition coefficient (Wildman–Crippen LogP) is 1.62. The van der Waals surface area contributed by atoms with Gasteiger partial charge in [-0.1, -0.05) is 11.6 Å². The molecule has 1 fully saturated rings. The lowest BCUT2D eigenvalue weighted by molar-refractivity contribution is -0.254. The van der Waals surface area contributed by atoms with Crippen molar-refractivity contribution in [3.8, 4) is 5.75 Å². The summed E-state index contributed by atoms with van der Waals surface area (Å²) >= 11 is 0. The summed E-state index contributed by atoms with van der Waals surface area (Å²) in [7, 11) is 1.62. The van der Waals surface area contributed by atoms with E-state index in [-0.39, 0.29) is 12.6 Å². The van der Waals surface area contributed by atoms with Gasteiger partial charge in [0.05, 0.1) is 12.2 Å². The van der Waals surface area contributed by atoms with E-state index < -0.39 is 17.5 Å². The second-order valence-corrected chi connectivity index (χ2v) is 6.44. The van der Waals surface area contributed by atoms with Crippen molar-refractivity contribution in [1.29, 1.82) is 0 Å². The van der Waals surface area contributed by atoms with E-state index in [0.29, 0.717) is 24.3 Å². The molecule has 7 heteroatoms. The first kappa shape index (κ1) is 14.7. The number of guanidine groups is 1. The first-order valence-electron chi connectivity index (χ1n) is 7.77. The van der Waals surface area contributed by atoms with Crippen LogP contribution in [0.5, 0.6) is 5.75 Å². The Balaban J connectivity index is 1.91. The third kappa shape index (κ3) is 1.96. The van der Waals surface area contributed by atoms with Gasteiger partial charge in [0.15, 0.2) is 11.8 Å². The molecule has 3 aliphatic heterocycles. The van der Waals surface area contributed by atoms with Gasteiger partial charge >= 0.3 is 0 Å². The fourth-order valence-electron chi connectivity index (χ4n) is 3.58. The molecule has 0 bridgehead atoms. The largest absolute Gasteiger partial charge is 0.481 e. The summed E-state index contributed by atoms with van der Waals surface area (Å²) in [4.78, 5) is 10.2. The van der Waals surface area contributed by atoms with E-state index in [2.05, 4.69) is 4.99 Å². The van der Waals surface area contributed by atoms with Crippen LogP contribution in [-0.4, -0.2) is 43.1 Å². The Morgan fingerprint density at radius 1 is 1.43 bits per heavy atom. The maximum absolute atomic E-state index is 15.7. The highest BCUT2D eigenvalue weighted by Gasteiger charge is 2.64. The number of aliphatic imine (C=N–C) groups is 1. The van der Waals surface area contributed by atoms with Crippen molar-refractivity contribution in [2.75, 3.05) is 20.3 Å². The van der Waals surface area contributed by atoms with Gasteiger partial charge in [-0.15, -0.1) is 0 Å². The van der Waals surface area contributed by atoms with Crippen LogP contribution < -0.4 is 10.5 Å². The zero-order chi connectivity index (χ0) is 16.2. The summed E-state index contributed by atoms with van der Waals surface area (Å²) in [6.07, 6.45) is -0.244. The number of hydrogen-bond donors (Lipinski definition) is 1. The molecule has 6 nitrogen and oxygen atoms in total. The molecule has 2 spiro atoms. The quantitative estimate of drug-likeness (QED) is 0.786. The van der Waals surface area contributed by atoms with Gasteiger partial charge in [0.25, 0.3) is 5.72 Å². The van der Waals surface area contributed by atoms with Crippen molar-refractivity contribution < 1.29 is 18.7 Å². The number of ether oxygens (including phenoxy) is 2. The third-order valence-electron chi connectivity index (χ3n) is 4.75. The Hall–Kier alpha value is -1.86. The zero-order valence-corrected chi connectivity index (χ0v) is 13.2. The van der Waals surface area contributed by atoms with E-state index in [0.717, 1.165) is 12.0 Å². The van der Waals surface area contributed by atoms with Crippen molar-refractivity contribution in [2.45, 2.75) is 37.3 Å². The van der Waals surface area contributed by atoms with Crippen molar-refractivity contribution in [3.63, 3.8) is 0 Å². The fraction of sp³-hybridized carbons (Fsp3) is 0.562. The highest BCUT2D eigenvalue weighted by molar-refractivity contribution is 5.79. The number of halogens is 1. The maximum atomic E-state index is 15.7. The van der Waals surface area contributed by atoms with Gasteiger partial charge < -0.3 is 15.2 Å². The van der Waals surface area contributed by atoms with E-state index in [1.807, 2.05) is 25.1 Å². The summed E-state index contributed by atoms with van der Waals surface area (Å²) in [5, 5.41) is 1.31. The Labute approximate surface area is 134 Å². The molecular weight excluding hydrogens is 301 g/mol. The SMILES string of the molecule is Cc1ccc2c(c1)C1(N=C(N)N(C)O1)C(F)C1(CCCOC1)O2. The minimum atomic E-state index is -1.52. The second-order valence-electron chi connectivity index (χ2n) is 6.44. The molecule has 1 aromatic carbocycles. The Kier molecular flexibility index (Phi) is 3.08. The second kappa shape index (κ2) is 4.82. The Morgan fingerprint density at radius 3 is 2.91 bits per heavy atom. The number of rotatable bonds is 0. The number of fused-ring (bicyclic) bond motifs is 2. The van der Waals surface area contributed by atoms with E-state index in [1.165, 1.54) is 5.06 Å². The molecule has 23 heavy (non-hydrogen) atoms. The smallest absolute Gasteiger partial charge is 0.252 e. The molecule has 1 aromatic rings. The molecule has 2 N–H and O–H groups in total. The molecule has 0 amide bonds. The van der Waals surface area contributed by atoms with Gasteiger partial charge in [0.1, 0.15) is 5.75 Å². The molecule has 0 saturated carbocycles. The number of aryl methyl sites for hydroxylation is 1. The monoisotopic (exact) mass is 321 g/mol. The summed E-state index contributed by atoms with van der Waals surface area (Å²) in [5.41, 5.74) is 4.79. The summed E-state index contributed by atoms with van der Waals surface area (Å²) < 4.78 is 27.3. The first-order valence-corrected chi connectivity index (χ1v) is 7.77. The zero-order valence-electron chi connectivity index (χ0n) is 13.2. The lowest BCUT2D eigenvalue weighted by Crippen LogP contribution is -2.62. The molecular formula is C16H20FN3O3. The van der Waals surface area contributed by atoms with Crippen LogP contribution in [-0.2, 0) is 15.3 Å². The number of benzene rings is 1. The number of alkyl halides is 1. The van der Waals surface area contributed by atoms with Crippen LogP contribution in [0.3, 0.4) is 0 Å². The molecule has 3 atom stereocenters. The van der Waals surface area contributed by atoms with Crippen molar-refractivity contribution in [2.24, 2.45) is 10.7 Å². The van der Waals surface area contributed by atoms with Crippen molar-refractivity contribution >= 4 is 5.96 Å². The van der Waals surface area contributed by atoms with Crippen LogP contribution in [0.4, 0.5) is 4.39 Å². The van der Waals surface area contributed by atoms with Gasteiger partial charge in [0, 0.05) is 13.7 Å². The minimum Gasteiger partial charge on any atom is -0.481 e. The van der Waals surface area contributed by atoms with Crippen molar-refractivity contribution in [1.82, 2.24) is 5.06 Å². The molecule has 124 valence electrons. The minimum absolute atomic E-state index is 0.147. The van der Waals surface area contributed by atoms with Crippen LogP contribution in [0.2, 0.25) is 0 Å². The standard InChI is InChI=1S/C16H20FN3O3/c1-10-4-5-12-11(8-10)16(19-14(18)20(2)23-16)13(17)15(22-12)6-3-7-21-9-15/h4-5,8,13H,3,6-7,9H2,1-2H3,(H2,18,19). The van der Waals surface area contributed by atoms with Gasteiger partial charge in [-0.3, -0.25) is 0 Å². The van der Waals surface area contributed by atoms with Gasteiger partial charge in [-0.05, 0) is 31.9 Å². The normalized spacial score (nSPS) is 36.0. The lowest BCUT2D eigenvalue weighted by atomic mass is 9.79. The predicted molar refractivity (Wildman–Crippen MR) is 81.6 cm³/mol. The average molecular weight is 321 g/mol. The van der Waals surface area contributed by atoms with Crippen LogP contribution in [0, 0.1) is 6.92 Å². The van der Waals surface area contributed by atoms with E-state index >= 15 is 4.39 Å². The molecule has 0 aliphatic carbocycles. The number of nitrogens with zero attached hydrogens (tertiary/aromatic N) is 2. The molecule has 0 aromatic heterocycles. The first-order chi connectivity index (χ1) is 11.0. The number of nitrogens with two attached hydrogens (primary N) is 1. The van der Waals surface area contributed by atoms with Crippen LogP contribution >= 0.6 is 0 Å². The average Bonchev–Trinajstić information content (AvgIpc) is 2.84. The highest BCUT2D eigenvalue weighted by atomic mass is 19.1. The van der Waals surface area contributed by atoms with Crippen molar-refractivity contribution in [3.05, 3.63) is 29.3 Å². The van der Waals surface area contributed by atoms with E-state index in [1.54, 1.807) is 7.05 Å². The summed E-state index contributed by atoms with van der Waals surface area (Å²) in [6.45, 7) is 2.71. The summed E-state index contributed by atoms with van der Waals surface area (Å²) in [5.74, 6) is 0.718. The maximum Gasteiger partial charge on any atom is 0.252 e. The summed E-state index contributed by atoms with van der Waals surface area (Å²) in [6, 6.07) is 5.60. The molecule has 1 saturated heterocycles. The highest BCUT2D eigenvalue weighted by Crippen LogP contribution is 2.52. The Morgan fingerprint density at radius 2 is 2.26 bits per heavy atom. The lowest BCUT2D eigenvalue weighted by Gasteiger charge is -2.48. The molecule has 3 heterocycles. The Bertz CT molecular complexity index is 675. The van der Waals surface area contributed by atoms with Gasteiger partial charge in [0.2, 0.25) is 5.96 Å². The number of hydrogen-bond acceptors (Lipinski definition) is 6.